The molecule has 12 heteroatoms. The summed E-state index contributed by atoms with van der Waals surface area (Å²) in [5.41, 5.74) is 10.5. The Morgan fingerprint density at radius 1 is 1.42 bits per heavy atom. The molecule has 158 valence electrons. The van der Waals surface area contributed by atoms with Crippen LogP contribution in [0.4, 0.5) is 5.82 Å². The van der Waals surface area contributed by atoms with E-state index in [1.54, 1.807) is 4.57 Å². The number of para-hydroxylation sites is 2. The Morgan fingerprint density at radius 3 is 2.97 bits per heavy atom. The summed E-state index contributed by atoms with van der Waals surface area (Å²) in [5, 5.41) is 21.3. The number of aromatic amines is 1. The lowest BCUT2D eigenvalue weighted by atomic mass is 10.2. The monoisotopic (exact) mass is 442 g/mol. The van der Waals surface area contributed by atoms with Crippen molar-refractivity contribution in [2.75, 3.05) is 12.8 Å². The van der Waals surface area contributed by atoms with Gasteiger partial charge in [-0.2, -0.15) is 5.10 Å². The first-order valence-electron chi connectivity index (χ1n) is 8.95. The molecular formula is C19H17ClN7O4+. The van der Waals surface area contributed by atoms with E-state index in [0.29, 0.717) is 11.4 Å². The number of nitrogens with zero attached hydrogens (tertiary/aromatic N) is 4. The van der Waals surface area contributed by atoms with Gasteiger partial charge in [0.2, 0.25) is 11.5 Å². The normalized spacial score (nSPS) is 11.3. The van der Waals surface area contributed by atoms with Gasteiger partial charge in [-0.05, 0) is 28.5 Å². The van der Waals surface area contributed by atoms with Gasteiger partial charge in [-0.3, -0.25) is 4.79 Å². The molecule has 0 saturated carbocycles. The molecule has 0 bridgehead atoms. The van der Waals surface area contributed by atoms with E-state index in [-0.39, 0.29) is 34.6 Å². The molecule has 0 aliphatic carbocycles. The highest BCUT2D eigenvalue weighted by Gasteiger charge is 2.27. The Kier molecular flexibility index (Phi) is 5.41. The maximum absolute atomic E-state index is 12.6. The summed E-state index contributed by atoms with van der Waals surface area (Å²) in [6.45, 7) is -0.0877. The van der Waals surface area contributed by atoms with Crippen LogP contribution in [0.5, 0.6) is 11.5 Å². The summed E-state index contributed by atoms with van der Waals surface area (Å²) >= 11 is 6.09. The third-order valence-electron chi connectivity index (χ3n) is 4.45. The second-order valence-electron chi connectivity index (χ2n) is 6.41. The van der Waals surface area contributed by atoms with E-state index in [2.05, 4.69) is 30.5 Å². The predicted molar refractivity (Wildman–Crippen MR) is 112 cm³/mol. The van der Waals surface area contributed by atoms with Crippen LogP contribution in [0, 0.1) is 0 Å². The minimum absolute atomic E-state index is 0.0877. The molecule has 0 aliphatic heterocycles. The number of ether oxygens (including phenoxy) is 1. The molecule has 0 radical (unpaired) electrons. The third-order valence-corrected chi connectivity index (χ3v) is 4.78. The molecule has 0 spiro atoms. The zero-order valence-corrected chi connectivity index (χ0v) is 16.9. The number of benzene rings is 2. The molecular weight excluding hydrogens is 426 g/mol. The highest BCUT2D eigenvalue weighted by atomic mass is 35.5. The van der Waals surface area contributed by atoms with Crippen LogP contribution in [0.25, 0.3) is 22.6 Å². The van der Waals surface area contributed by atoms with Gasteiger partial charge >= 0.3 is 5.82 Å². The van der Waals surface area contributed by atoms with Crippen LogP contribution in [-0.4, -0.2) is 39.6 Å². The Hall–Kier alpha value is -4.12. The number of carbonyl (C=O) groups is 1. The molecule has 0 unspecified atom stereocenters. The lowest BCUT2D eigenvalue weighted by molar-refractivity contribution is -0.647. The van der Waals surface area contributed by atoms with Crippen molar-refractivity contribution in [3.05, 3.63) is 47.0 Å². The van der Waals surface area contributed by atoms with Gasteiger partial charge in [0.05, 0.1) is 18.3 Å². The number of nitrogens with two attached hydrogens (primary N) is 1. The summed E-state index contributed by atoms with van der Waals surface area (Å²) in [5.74, 6) is 0.276. The number of fused-ring (bicyclic) bond motifs is 1. The largest absolute Gasteiger partial charge is 0.504 e. The molecule has 4 aromatic rings. The number of nitrogen functional groups attached to an aromatic ring is 1. The molecule has 2 aromatic heterocycles. The fourth-order valence-corrected chi connectivity index (χ4v) is 3.22. The van der Waals surface area contributed by atoms with Crippen molar-refractivity contribution in [3.63, 3.8) is 0 Å². The first kappa shape index (κ1) is 20.2. The minimum Gasteiger partial charge on any atom is -0.504 e. The van der Waals surface area contributed by atoms with E-state index in [4.69, 9.17) is 22.1 Å². The van der Waals surface area contributed by atoms with Gasteiger partial charge in [0.25, 0.3) is 5.91 Å². The van der Waals surface area contributed by atoms with Crippen LogP contribution in [0.3, 0.4) is 0 Å². The lowest BCUT2D eigenvalue weighted by Gasteiger charge is -2.06. The van der Waals surface area contributed by atoms with Gasteiger partial charge in [-0.1, -0.05) is 23.7 Å². The number of imidazole rings is 1. The number of rotatable bonds is 6. The van der Waals surface area contributed by atoms with E-state index in [1.807, 2.05) is 24.3 Å². The predicted octanol–water partition coefficient (Wildman–Crippen LogP) is 1.61. The summed E-state index contributed by atoms with van der Waals surface area (Å²) < 4.78 is 11.4. The van der Waals surface area contributed by atoms with E-state index < -0.39 is 5.91 Å². The zero-order valence-electron chi connectivity index (χ0n) is 16.2. The van der Waals surface area contributed by atoms with Gasteiger partial charge in [0.15, 0.2) is 29.1 Å². The van der Waals surface area contributed by atoms with Gasteiger partial charge < -0.3 is 15.6 Å². The van der Waals surface area contributed by atoms with E-state index in [9.17, 15) is 9.90 Å². The number of hydrogen-bond acceptors (Lipinski definition) is 8. The number of H-pyrrole nitrogens is 1. The molecule has 2 aromatic carbocycles. The number of amides is 1. The van der Waals surface area contributed by atoms with Crippen molar-refractivity contribution in [1.29, 1.82) is 0 Å². The van der Waals surface area contributed by atoms with E-state index in [1.165, 1.54) is 25.5 Å². The van der Waals surface area contributed by atoms with Gasteiger partial charge in [0.1, 0.15) is 0 Å². The number of hydrogen-bond donors (Lipinski definition) is 4. The van der Waals surface area contributed by atoms with Crippen molar-refractivity contribution >= 4 is 40.6 Å². The molecule has 0 aliphatic rings. The highest BCUT2D eigenvalue weighted by Crippen LogP contribution is 2.31. The molecule has 2 heterocycles. The lowest BCUT2D eigenvalue weighted by Crippen LogP contribution is -2.42. The number of phenolic OH excluding ortho intramolecular Hbond substituents is 1. The summed E-state index contributed by atoms with van der Waals surface area (Å²) in [4.78, 5) is 15.7. The average Bonchev–Trinajstić information content (AvgIpc) is 3.33. The van der Waals surface area contributed by atoms with E-state index >= 15 is 0 Å². The number of aromatic hydroxyl groups is 1. The van der Waals surface area contributed by atoms with Crippen LogP contribution >= 0.6 is 11.6 Å². The number of carbonyl (C=O) groups excluding carboxylic acids is 1. The standard InChI is InChI=1S/C19H16ClN7O4/c1-30-15-6-10(11(20)7-14(15)28)8-22-24-16(29)9-27-13-5-3-2-4-12(13)23-19(27)17-18(21)26-31-25-17/h2-8H,9H2,1H3,(H4,21,22,23,24,25,26,28,29)/p+1. The molecule has 5 N–H and O–H groups in total. The molecule has 1 amide bonds. The Bertz CT molecular complexity index is 1300. The molecule has 0 atom stereocenters. The topological polar surface area (TPSA) is 156 Å². The Morgan fingerprint density at radius 2 is 2.23 bits per heavy atom. The van der Waals surface area contributed by atoms with Crippen molar-refractivity contribution < 1.29 is 23.8 Å². The number of hydrazone groups is 1. The summed E-state index contributed by atoms with van der Waals surface area (Å²) in [7, 11) is 1.42. The number of phenols is 1. The maximum Gasteiger partial charge on any atom is 0.314 e. The zero-order chi connectivity index (χ0) is 22.0. The molecule has 0 saturated heterocycles. The second kappa shape index (κ2) is 8.32. The summed E-state index contributed by atoms with van der Waals surface area (Å²) in [6, 6.07) is 10.2. The minimum atomic E-state index is -0.413. The van der Waals surface area contributed by atoms with Gasteiger partial charge in [-0.15, -0.1) is 0 Å². The SMILES string of the molecule is COc1cc(C=NNC(=O)C[n+]2c(-c3nonc3N)[nH]c3ccccc32)c(Cl)cc1O. The number of halogens is 1. The molecule has 0 fully saturated rings. The fraction of sp³-hybridized carbons (Fsp3) is 0.105. The third kappa shape index (κ3) is 3.98. The number of anilines is 1. The fourth-order valence-electron chi connectivity index (χ4n) is 3.02. The number of methoxy groups -OCH3 is 1. The highest BCUT2D eigenvalue weighted by molar-refractivity contribution is 6.33. The van der Waals surface area contributed by atoms with Crippen molar-refractivity contribution in [3.8, 4) is 23.0 Å². The Labute approximate surface area is 180 Å². The van der Waals surface area contributed by atoms with Gasteiger partial charge in [-0.25, -0.2) is 19.6 Å². The molecule has 31 heavy (non-hydrogen) atoms. The van der Waals surface area contributed by atoms with Crippen LogP contribution in [0.1, 0.15) is 5.56 Å². The average molecular weight is 443 g/mol. The van der Waals surface area contributed by atoms with E-state index in [0.717, 1.165) is 11.0 Å². The first-order chi connectivity index (χ1) is 15.0. The maximum atomic E-state index is 12.6. The van der Waals surface area contributed by atoms with Crippen molar-refractivity contribution in [2.24, 2.45) is 5.10 Å². The van der Waals surface area contributed by atoms with Crippen LogP contribution in [0.2, 0.25) is 5.02 Å². The first-order valence-corrected chi connectivity index (χ1v) is 9.33. The van der Waals surface area contributed by atoms with Crippen LogP contribution in [-0.2, 0) is 11.3 Å². The Balaban J connectivity index is 1.57. The van der Waals surface area contributed by atoms with Gasteiger partial charge in [0, 0.05) is 11.6 Å². The summed E-state index contributed by atoms with van der Waals surface area (Å²) in [6.07, 6.45) is 1.35. The molecule has 4 rings (SSSR count). The van der Waals surface area contributed by atoms with Crippen molar-refractivity contribution in [2.45, 2.75) is 6.54 Å². The number of nitrogens with one attached hydrogen (secondary N) is 2. The number of aromatic nitrogens is 4. The van der Waals surface area contributed by atoms with Crippen molar-refractivity contribution in [1.82, 2.24) is 20.7 Å². The second-order valence-corrected chi connectivity index (χ2v) is 6.82. The molecule has 11 nitrogen and oxygen atoms in total. The van der Waals surface area contributed by atoms with Crippen LogP contribution < -0.4 is 20.5 Å². The quantitative estimate of drug-likeness (QED) is 0.201. The van der Waals surface area contributed by atoms with Crippen LogP contribution in [0.15, 0.2) is 46.1 Å². The smallest absolute Gasteiger partial charge is 0.314 e.